The highest BCUT2D eigenvalue weighted by atomic mass is 35.5. The van der Waals surface area contributed by atoms with Gasteiger partial charge >= 0.3 is 0 Å². The van der Waals surface area contributed by atoms with E-state index in [-0.39, 0.29) is 5.91 Å². The third-order valence-electron chi connectivity index (χ3n) is 6.69. The van der Waals surface area contributed by atoms with Gasteiger partial charge < -0.3 is 24.0 Å². The molecule has 0 unspecified atom stereocenters. The number of piperazine rings is 1. The van der Waals surface area contributed by atoms with Crippen LogP contribution in [0.4, 0.5) is 5.69 Å². The Morgan fingerprint density at radius 2 is 1.50 bits per heavy atom. The van der Waals surface area contributed by atoms with Gasteiger partial charge in [0.25, 0.3) is 5.91 Å². The van der Waals surface area contributed by atoms with E-state index < -0.39 is 0 Å². The predicted molar refractivity (Wildman–Crippen MR) is 148 cm³/mol. The van der Waals surface area contributed by atoms with Crippen LogP contribution in [0, 0.1) is 0 Å². The Hall–Kier alpha value is -4.17. The fraction of sp³-hybridized carbons (Fsp3) is 0.241. The second-order valence-corrected chi connectivity index (χ2v) is 9.23. The van der Waals surface area contributed by atoms with Gasteiger partial charge in [0.05, 0.1) is 43.4 Å². The van der Waals surface area contributed by atoms with Crippen molar-refractivity contribution in [2.45, 2.75) is 0 Å². The Morgan fingerprint density at radius 1 is 0.816 bits per heavy atom. The van der Waals surface area contributed by atoms with Gasteiger partial charge in [0.15, 0.2) is 0 Å². The van der Waals surface area contributed by atoms with Gasteiger partial charge in [-0.05, 0) is 54.6 Å². The van der Waals surface area contributed by atoms with E-state index in [2.05, 4.69) is 4.90 Å². The summed E-state index contributed by atoms with van der Waals surface area (Å²) in [6, 6.07) is 22.6. The van der Waals surface area contributed by atoms with Crippen LogP contribution in [0.5, 0.6) is 17.2 Å². The summed E-state index contributed by atoms with van der Waals surface area (Å²) >= 11 is 6.41. The summed E-state index contributed by atoms with van der Waals surface area (Å²) in [5.74, 6) is 1.91. The molecule has 9 heteroatoms. The Kier molecular flexibility index (Phi) is 7.42. The normalized spacial score (nSPS) is 13.4. The van der Waals surface area contributed by atoms with Gasteiger partial charge in [-0.15, -0.1) is 0 Å². The number of hydrogen-bond donors (Lipinski definition) is 0. The number of carbonyl (C=O) groups excluding carboxylic acids is 1. The van der Waals surface area contributed by atoms with Crippen molar-refractivity contribution in [2.24, 2.45) is 0 Å². The molecule has 0 N–H and O–H groups in total. The molecule has 1 fully saturated rings. The molecule has 1 amide bonds. The standard InChI is InChI=1S/C29H29ClN4O4/c1-36-21-10-8-20(9-11-21)34-27(19-25(31-34)23-13-12-22(37-2)18-28(23)38-3)29(35)33-16-14-32(15-17-33)26-7-5-4-6-24(26)30/h4-13,18-19H,14-17H2,1-3H3. The van der Waals surface area contributed by atoms with Crippen LogP contribution in [0.1, 0.15) is 10.5 Å². The Balaban J connectivity index is 1.48. The van der Waals surface area contributed by atoms with Gasteiger partial charge in [0.1, 0.15) is 22.9 Å². The van der Waals surface area contributed by atoms with Crippen molar-refractivity contribution >= 4 is 23.2 Å². The molecule has 0 saturated carbocycles. The summed E-state index contributed by atoms with van der Waals surface area (Å²) in [6.45, 7) is 2.51. The molecular formula is C29H29ClN4O4. The van der Waals surface area contributed by atoms with E-state index in [4.69, 9.17) is 30.9 Å². The molecule has 4 aromatic rings. The molecule has 0 spiro atoms. The topological polar surface area (TPSA) is 69.1 Å². The first-order chi connectivity index (χ1) is 18.5. The number of anilines is 1. The highest BCUT2D eigenvalue weighted by molar-refractivity contribution is 6.33. The summed E-state index contributed by atoms with van der Waals surface area (Å²) in [5.41, 5.74) is 3.59. The highest BCUT2D eigenvalue weighted by Crippen LogP contribution is 2.34. The number of ether oxygens (including phenoxy) is 3. The van der Waals surface area contributed by atoms with Gasteiger partial charge in [-0.1, -0.05) is 23.7 Å². The smallest absolute Gasteiger partial charge is 0.272 e. The molecule has 38 heavy (non-hydrogen) atoms. The highest BCUT2D eigenvalue weighted by Gasteiger charge is 2.27. The van der Waals surface area contributed by atoms with Crippen molar-refractivity contribution < 1.29 is 19.0 Å². The number of halogens is 1. The SMILES string of the molecule is COc1ccc(-n2nc(-c3ccc(OC)cc3OC)cc2C(=O)N2CCN(c3ccccc3Cl)CC2)cc1. The number of carbonyl (C=O) groups is 1. The molecule has 2 heterocycles. The van der Waals surface area contributed by atoms with Crippen molar-refractivity contribution in [1.29, 1.82) is 0 Å². The number of para-hydroxylation sites is 1. The second kappa shape index (κ2) is 11.1. The van der Waals surface area contributed by atoms with Gasteiger partial charge in [0.2, 0.25) is 0 Å². The molecule has 1 aliphatic rings. The monoisotopic (exact) mass is 532 g/mol. The number of nitrogens with zero attached hydrogens (tertiary/aromatic N) is 4. The van der Waals surface area contributed by atoms with Gasteiger partial charge in [-0.25, -0.2) is 4.68 Å². The summed E-state index contributed by atoms with van der Waals surface area (Å²) in [7, 11) is 4.83. The first-order valence-corrected chi connectivity index (χ1v) is 12.7. The number of methoxy groups -OCH3 is 3. The van der Waals surface area contributed by atoms with Gasteiger partial charge in [-0.2, -0.15) is 5.10 Å². The summed E-state index contributed by atoms with van der Waals surface area (Å²) in [4.78, 5) is 17.9. The molecule has 1 saturated heterocycles. The molecule has 0 radical (unpaired) electrons. The lowest BCUT2D eigenvalue weighted by Crippen LogP contribution is -2.49. The van der Waals surface area contributed by atoms with Crippen LogP contribution in [-0.4, -0.2) is 68.1 Å². The van der Waals surface area contributed by atoms with Crippen molar-refractivity contribution in [3.8, 4) is 34.2 Å². The van der Waals surface area contributed by atoms with Gasteiger partial charge in [0, 0.05) is 37.8 Å². The Labute approximate surface area is 226 Å². The molecule has 3 aromatic carbocycles. The maximum absolute atomic E-state index is 13.9. The van der Waals surface area contributed by atoms with Crippen LogP contribution >= 0.6 is 11.6 Å². The lowest BCUT2D eigenvalue weighted by atomic mass is 10.1. The first-order valence-electron chi connectivity index (χ1n) is 12.3. The third-order valence-corrected chi connectivity index (χ3v) is 7.01. The second-order valence-electron chi connectivity index (χ2n) is 8.82. The van der Waals surface area contributed by atoms with Crippen LogP contribution in [0.25, 0.3) is 16.9 Å². The number of aromatic nitrogens is 2. The maximum Gasteiger partial charge on any atom is 0.272 e. The van der Waals surface area contributed by atoms with Crippen molar-refractivity contribution in [2.75, 3.05) is 52.4 Å². The first kappa shape index (κ1) is 25.5. The zero-order chi connectivity index (χ0) is 26.6. The van der Waals surface area contributed by atoms with E-state index in [9.17, 15) is 4.79 Å². The fourth-order valence-electron chi connectivity index (χ4n) is 4.62. The molecule has 1 aliphatic heterocycles. The van der Waals surface area contributed by atoms with E-state index in [0.717, 1.165) is 22.7 Å². The van der Waals surface area contributed by atoms with Crippen molar-refractivity contribution in [1.82, 2.24) is 14.7 Å². The Bertz CT molecular complexity index is 1430. The van der Waals surface area contributed by atoms with Gasteiger partial charge in [-0.3, -0.25) is 4.79 Å². The fourth-order valence-corrected chi connectivity index (χ4v) is 4.87. The minimum Gasteiger partial charge on any atom is -0.497 e. The Morgan fingerprint density at radius 3 is 2.16 bits per heavy atom. The van der Waals surface area contributed by atoms with E-state index in [0.29, 0.717) is 54.1 Å². The van der Waals surface area contributed by atoms with E-state index in [1.165, 1.54) is 0 Å². The maximum atomic E-state index is 13.9. The summed E-state index contributed by atoms with van der Waals surface area (Å²) in [6.07, 6.45) is 0. The molecule has 196 valence electrons. The number of benzene rings is 3. The minimum absolute atomic E-state index is 0.0918. The van der Waals surface area contributed by atoms with Crippen LogP contribution < -0.4 is 19.1 Å². The molecule has 8 nitrogen and oxygen atoms in total. The summed E-state index contributed by atoms with van der Waals surface area (Å²) in [5, 5.41) is 5.55. The van der Waals surface area contributed by atoms with Crippen molar-refractivity contribution in [3.63, 3.8) is 0 Å². The minimum atomic E-state index is -0.0918. The van der Waals surface area contributed by atoms with Crippen LogP contribution in [0.2, 0.25) is 5.02 Å². The zero-order valence-corrected chi connectivity index (χ0v) is 22.3. The van der Waals surface area contributed by atoms with E-state index >= 15 is 0 Å². The van der Waals surface area contributed by atoms with Crippen LogP contribution in [-0.2, 0) is 0 Å². The molecule has 1 aromatic heterocycles. The molecule has 5 rings (SSSR count). The third kappa shape index (κ3) is 4.99. The number of amides is 1. The van der Waals surface area contributed by atoms with Crippen LogP contribution in [0.3, 0.4) is 0 Å². The number of hydrogen-bond acceptors (Lipinski definition) is 6. The summed E-state index contributed by atoms with van der Waals surface area (Å²) < 4.78 is 17.9. The van der Waals surface area contributed by atoms with Crippen LogP contribution in [0.15, 0.2) is 72.8 Å². The number of rotatable bonds is 7. The zero-order valence-electron chi connectivity index (χ0n) is 21.6. The molecular weight excluding hydrogens is 504 g/mol. The van der Waals surface area contributed by atoms with E-state index in [1.807, 2.05) is 71.6 Å². The average Bonchev–Trinajstić information content (AvgIpc) is 3.42. The predicted octanol–water partition coefficient (Wildman–Crippen LogP) is 5.18. The molecule has 0 aliphatic carbocycles. The molecule has 0 bridgehead atoms. The quantitative estimate of drug-likeness (QED) is 0.327. The lowest BCUT2D eigenvalue weighted by Gasteiger charge is -2.36. The lowest BCUT2D eigenvalue weighted by molar-refractivity contribution is 0.0737. The largest absolute Gasteiger partial charge is 0.497 e. The van der Waals surface area contributed by atoms with E-state index in [1.54, 1.807) is 32.1 Å². The average molecular weight is 533 g/mol. The van der Waals surface area contributed by atoms with Crippen molar-refractivity contribution in [3.05, 3.63) is 83.5 Å². The molecule has 0 atom stereocenters.